The molecule has 0 aliphatic carbocycles. The first-order valence-corrected chi connectivity index (χ1v) is 9.50. The average Bonchev–Trinajstić information content (AvgIpc) is 2.69. The number of amides is 1. The van der Waals surface area contributed by atoms with Gasteiger partial charge in [0.2, 0.25) is 0 Å². The number of ether oxygens (including phenoxy) is 2. The van der Waals surface area contributed by atoms with Crippen molar-refractivity contribution in [2.24, 2.45) is 0 Å². The van der Waals surface area contributed by atoms with Crippen molar-refractivity contribution in [3.05, 3.63) is 54.6 Å². The van der Waals surface area contributed by atoms with Crippen LogP contribution in [0.5, 0.6) is 5.75 Å². The van der Waals surface area contributed by atoms with Gasteiger partial charge in [0.15, 0.2) is 0 Å². The molecule has 1 N–H and O–H groups in total. The third kappa shape index (κ3) is 4.82. The number of fused-ring (bicyclic) bond motifs is 1. The quantitative estimate of drug-likeness (QED) is 0.558. The third-order valence-electron chi connectivity index (χ3n) is 4.54. The second-order valence-corrected chi connectivity index (χ2v) is 7.21. The molecule has 1 amide bonds. The van der Waals surface area contributed by atoms with E-state index in [4.69, 9.17) is 9.47 Å². The number of carbonyl (C=O) groups is 2. The van der Waals surface area contributed by atoms with Crippen LogP contribution in [0.2, 0.25) is 0 Å². The second kappa shape index (κ2) is 8.78. The van der Waals surface area contributed by atoms with Crippen LogP contribution in [-0.4, -0.2) is 37.2 Å². The number of hydrogen-bond donors (Lipinski definition) is 1. The van der Waals surface area contributed by atoms with E-state index in [0.717, 1.165) is 17.1 Å². The van der Waals surface area contributed by atoms with Gasteiger partial charge in [0.1, 0.15) is 17.9 Å². The first kappa shape index (κ1) is 19.7. The molecule has 0 radical (unpaired) electrons. The van der Waals surface area contributed by atoms with Crippen molar-refractivity contribution in [1.29, 1.82) is 0 Å². The molecule has 0 atom stereocenters. The number of carbonyl (C=O) groups excluding carboxylic acids is 2. The Bertz CT molecular complexity index is 820. The van der Waals surface area contributed by atoms with E-state index in [-0.39, 0.29) is 24.9 Å². The Morgan fingerprint density at radius 3 is 2.54 bits per heavy atom. The molecule has 0 bridgehead atoms. The number of nitrogens with one attached hydrogen (secondary N) is 1. The minimum atomic E-state index is -0.701. The molecule has 28 heavy (non-hydrogen) atoms. The molecule has 0 unspecified atom stereocenters. The van der Waals surface area contributed by atoms with E-state index in [9.17, 15) is 9.59 Å². The zero-order valence-electron chi connectivity index (χ0n) is 16.3. The van der Waals surface area contributed by atoms with Gasteiger partial charge in [-0.2, -0.15) is 0 Å². The summed E-state index contributed by atoms with van der Waals surface area (Å²) < 4.78 is 10.9. The van der Waals surface area contributed by atoms with E-state index >= 15 is 0 Å². The van der Waals surface area contributed by atoms with Crippen molar-refractivity contribution in [1.82, 2.24) is 0 Å². The predicted octanol–water partition coefficient (Wildman–Crippen LogP) is 3.63. The van der Waals surface area contributed by atoms with Crippen molar-refractivity contribution in [3.8, 4) is 5.75 Å². The molecule has 0 fully saturated rings. The summed E-state index contributed by atoms with van der Waals surface area (Å²) in [5.74, 6) is 0.458. The maximum atomic E-state index is 12.7. The molecule has 6 nitrogen and oxygen atoms in total. The maximum absolute atomic E-state index is 12.7. The molecule has 0 spiro atoms. The lowest BCUT2D eigenvalue weighted by molar-refractivity contribution is -0.143. The molecule has 0 aromatic heterocycles. The lowest BCUT2D eigenvalue weighted by Gasteiger charge is -2.39. The largest absolute Gasteiger partial charge is 0.494 e. The lowest BCUT2D eigenvalue weighted by atomic mass is 9.98. The number of esters is 1. The summed E-state index contributed by atoms with van der Waals surface area (Å²) in [7, 11) is 0. The molecule has 1 heterocycles. The topological polar surface area (TPSA) is 67.9 Å². The van der Waals surface area contributed by atoms with Crippen LogP contribution in [0.25, 0.3) is 0 Å². The summed E-state index contributed by atoms with van der Waals surface area (Å²) >= 11 is 0. The molecule has 148 valence electrons. The zero-order chi connectivity index (χ0) is 20.0. The fraction of sp³-hybridized carbons (Fsp3) is 0.364. The number of benzene rings is 2. The van der Waals surface area contributed by atoms with Gasteiger partial charge in [0, 0.05) is 6.42 Å². The van der Waals surface area contributed by atoms with E-state index in [0.29, 0.717) is 19.6 Å². The molecule has 1 aliphatic heterocycles. The van der Waals surface area contributed by atoms with Crippen LogP contribution in [0, 0.1) is 0 Å². The fourth-order valence-electron chi connectivity index (χ4n) is 3.12. The van der Waals surface area contributed by atoms with E-state index in [1.807, 2.05) is 68.4 Å². The summed E-state index contributed by atoms with van der Waals surface area (Å²) in [6.07, 6.45) is 0.862. The Kier molecular flexibility index (Phi) is 6.19. The Hall–Kier alpha value is -3.02. The molecule has 6 heteroatoms. The number of para-hydroxylation sites is 3. The molecule has 2 aromatic rings. The SMILES string of the molecule is CC1(C)Nc2ccccc2N(CCOC(=O)CCCOc2ccccc2)C1=O. The summed E-state index contributed by atoms with van der Waals surface area (Å²) in [6, 6.07) is 17.1. The van der Waals surface area contributed by atoms with Crippen LogP contribution < -0.4 is 15.0 Å². The number of anilines is 2. The fourth-order valence-corrected chi connectivity index (χ4v) is 3.12. The summed E-state index contributed by atoms with van der Waals surface area (Å²) in [5, 5.41) is 3.25. The van der Waals surface area contributed by atoms with Crippen molar-refractivity contribution in [3.63, 3.8) is 0 Å². The standard InChI is InChI=1S/C22H26N2O4/c1-22(2)21(26)24(19-12-7-6-11-18(19)23-22)14-16-28-20(25)13-8-15-27-17-9-4-3-5-10-17/h3-7,9-12,23H,8,13-16H2,1-2H3. The minimum absolute atomic E-state index is 0.0430. The average molecular weight is 382 g/mol. The van der Waals surface area contributed by atoms with Gasteiger partial charge in [-0.1, -0.05) is 30.3 Å². The highest BCUT2D eigenvalue weighted by Crippen LogP contribution is 2.34. The van der Waals surface area contributed by atoms with Gasteiger partial charge < -0.3 is 19.7 Å². The molecule has 1 aliphatic rings. The Morgan fingerprint density at radius 1 is 1.04 bits per heavy atom. The Labute approximate surface area is 165 Å². The summed E-state index contributed by atoms with van der Waals surface area (Å²) in [4.78, 5) is 26.4. The van der Waals surface area contributed by atoms with Crippen molar-refractivity contribution in [2.75, 3.05) is 30.0 Å². The highest BCUT2D eigenvalue weighted by atomic mass is 16.5. The maximum Gasteiger partial charge on any atom is 0.305 e. The van der Waals surface area contributed by atoms with Gasteiger partial charge in [-0.3, -0.25) is 9.59 Å². The van der Waals surface area contributed by atoms with Crippen molar-refractivity contribution < 1.29 is 19.1 Å². The number of rotatable bonds is 8. The second-order valence-electron chi connectivity index (χ2n) is 7.21. The Morgan fingerprint density at radius 2 is 1.75 bits per heavy atom. The van der Waals surface area contributed by atoms with E-state index < -0.39 is 5.54 Å². The number of hydrogen-bond acceptors (Lipinski definition) is 5. The van der Waals surface area contributed by atoms with Crippen LogP contribution in [0.1, 0.15) is 26.7 Å². The third-order valence-corrected chi connectivity index (χ3v) is 4.54. The van der Waals surface area contributed by atoms with Gasteiger partial charge in [0.05, 0.1) is 24.5 Å². The minimum Gasteiger partial charge on any atom is -0.494 e. The van der Waals surface area contributed by atoms with Crippen LogP contribution in [0.4, 0.5) is 11.4 Å². The smallest absolute Gasteiger partial charge is 0.305 e. The summed E-state index contributed by atoms with van der Waals surface area (Å²) in [5.41, 5.74) is 1.00. The molecular formula is C22H26N2O4. The van der Waals surface area contributed by atoms with Gasteiger partial charge >= 0.3 is 5.97 Å². The zero-order valence-corrected chi connectivity index (χ0v) is 16.3. The van der Waals surface area contributed by atoms with E-state index in [1.54, 1.807) is 4.90 Å². The highest BCUT2D eigenvalue weighted by Gasteiger charge is 2.38. The van der Waals surface area contributed by atoms with Crippen molar-refractivity contribution >= 4 is 23.3 Å². The van der Waals surface area contributed by atoms with Gasteiger partial charge in [0.25, 0.3) is 5.91 Å². The molecule has 0 saturated carbocycles. The molecule has 0 saturated heterocycles. The van der Waals surface area contributed by atoms with Crippen molar-refractivity contribution in [2.45, 2.75) is 32.2 Å². The van der Waals surface area contributed by atoms with Crippen LogP contribution in [0.3, 0.4) is 0 Å². The van der Waals surface area contributed by atoms with Crippen LogP contribution in [0.15, 0.2) is 54.6 Å². The monoisotopic (exact) mass is 382 g/mol. The molecular weight excluding hydrogens is 356 g/mol. The highest BCUT2D eigenvalue weighted by molar-refractivity contribution is 6.07. The Balaban J connectivity index is 1.44. The van der Waals surface area contributed by atoms with E-state index in [2.05, 4.69) is 5.32 Å². The van der Waals surface area contributed by atoms with Gasteiger partial charge in [-0.15, -0.1) is 0 Å². The normalized spacial score (nSPS) is 14.8. The summed E-state index contributed by atoms with van der Waals surface area (Å²) in [6.45, 7) is 4.63. The van der Waals surface area contributed by atoms with Crippen LogP contribution in [-0.2, 0) is 14.3 Å². The molecule has 3 rings (SSSR count). The van der Waals surface area contributed by atoms with E-state index in [1.165, 1.54) is 0 Å². The number of nitrogens with zero attached hydrogens (tertiary/aromatic N) is 1. The lowest BCUT2D eigenvalue weighted by Crippen LogP contribution is -2.54. The molecule has 2 aromatic carbocycles. The van der Waals surface area contributed by atoms with Gasteiger partial charge in [-0.05, 0) is 44.5 Å². The van der Waals surface area contributed by atoms with Crippen LogP contribution >= 0.6 is 0 Å². The predicted molar refractivity (Wildman–Crippen MR) is 109 cm³/mol. The first-order chi connectivity index (χ1) is 13.5. The first-order valence-electron chi connectivity index (χ1n) is 9.50. The van der Waals surface area contributed by atoms with Gasteiger partial charge in [-0.25, -0.2) is 0 Å².